The quantitative estimate of drug-likeness (QED) is 0.0895. The third kappa shape index (κ3) is 11.3. The van der Waals surface area contributed by atoms with Crippen LogP contribution in [0.25, 0.3) is 11.1 Å². The molecule has 13 heteroatoms. The van der Waals surface area contributed by atoms with Gasteiger partial charge in [0.15, 0.2) is 6.10 Å². The number of alkyl carbamates (subject to hydrolysis) is 1. The van der Waals surface area contributed by atoms with Crippen molar-refractivity contribution in [3.05, 3.63) is 112 Å². The first-order chi connectivity index (χ1) is 27.9. The van der Waals surface area contributed by atoms with E-state index in [4.69, 9.17) is 9.47 Å². The zero-order chi connectivity index (χ0) is 43.0. The molecule has 1 aliphatic rings. The Morgan fingerprint density at radius 3 is 2.02 bits per heavy atom. The molecule has 0 unspecified atom stereocenters. The number of aliphatic carboxylic acids is 1. The van der Waals surface area contributed by atoms with E-state index in [1.165, 1.54) is 6.92 Å². The first-order valence-corrected chi connectivity index (χ1v) is 20.9. The Bertz CT molecular complexity index is 2070. The second-order valence-corrected chi connectivity index (χ2v) is 17.7. The van der Waals surface area contributed by atoms with Gasteiger partial charge in [0.05, 0.1) is 5.92 Å². The third-order valence-electron chi connectivity index (χ3n) is 10.8. The number of thiazole rings is 1. The molecule has 4 aromatic rings. The summed E-state index contributed by atoms with van der Waals surface area (Å²) in [4.78, 5) is 71.7. The van der Waals surface area contributed by atoms with Gasteiger partial charge < -0.3 is 30.1 Å². The van der Waals surface area contributed by atoms with E-state index in [-0.39, 0.29) is 42.9 Å². The van der Waals surface area contributed by atoms with Crippen LogP contribution in [0.4, 0.5) is 4.79 Å². The van der Waals surface area contributed by atoms with Gasteiger partial charge in [0.25, 0.3) is 5.91 Å². The predicted octanol–water partition coefficient (Wildman–Crippen LogP) is 8.03. The van der Waals surface area contributed by atoms with E-state index in [0.29, 0.717) is 11.4 Å². The molecule has 0 saturated carbocycles. The second-order valence-electron chi connectivity index (χ2n) is 16.8. The molecule has 0 fully saturated rings. The maximum atomic E-state index is 14.4. The van der Waals surface area contributed by atoms with Gasteiger partial charge in [0.2, 0.25) is 5.91 Å². The Morgan fingerprint density at radius 2 is 1.46 bits per heavy atom. The standard InChI is InChI=1S/C46H56N4O8S/c1-27(2)38(24-39(58-29(4)51)42-48-37(26-59-42)41(52)47-31(22-28(3)44(54)55)23-30-16-10-9-11-17-30)50(8)43(53)40(46(5,6)7)49-45(56)57-25-36-34-20-14-12-18-32(34)33-19-13-15-21-35(33)36/h9-21,26-28,31,36,38-40H,22-25H2,1-8H3,(H,47,52)(H,49,56)(H,54,55)/t28-,31-,38+,39+,40+/m0/s1. The Hall–Kier alpha value is -5.56. The molecule has 12 nitrogen and oxygen atoms in total. The van der Waals surface area contributed by atoms with Crippen LogP contribution >= 0.6 is 11.3 Å². The molecule has 0 saturated heterocycles. The van der Waals surface area contributed by atoms with Crippen LogP contribution in [0, 0.1) is 17.3 Å². The summed E-state index contributed by atoms with van der Waals surface area (Å²) in [5.74, 6) is -3.28. The Kier molecular flexibility index (Phi) is 14.7. The van der Waals surface area contributed by atoms with E-state index in [9.17, 15) is 29.1 Å². The molecule has 0 bridgehead atoms. The van der Waals surface area contributed by atoms with Gasteiger partial charge in [-0.25, -0.2) is 9.78 Å². The highest BCUT2D eigenvalue weighted by Crippen LogP contribution is 2.44. The number of benzene rings is 3. The van der Waals surface area contributed by atoms with Gasteiger partial charge >= 0.3 is 18.0 Å². The highest BCUT2D eigenvalue weighted by Gasteiger charge is 2.40. The van der Waals surface area contributed by atoms with Crippen molar-refractivity contribution in [3.63, 3.8) is 0 Å². The summed E-state index contributed by atoms with van der Waals surface area (Å²) in [6.07, 6.45) is -0.783. The molecule has 3 amide bonds. The minimum absolute atomic E-state index is 0.0996. The van der Waals surface area contributed by atoms with Crippen LogP contribution in [0.15, 0.2) is 84.2 Å². The van der Waals surface area contributed by atoms with Gasteiger partial charge in [-0.3, -0.25) is 19.2 Å². The third-order valence-corrected chi connectivity index (χ3v) is 11.8. The number of rotatable bonds is 17. The summed E-state index contributed by atoms with van der Waals surface area (Å²) in [5.41, 5.74) is 4.74. The Labute approximate surface area is 350 Å². The number of carboxylic acid groups (broad SMARTS) is 1. The lowest BCUT2D eigenvalue weighted by molar-refractivity contribution is -0.149. The van der Waals surface area contributed by atoms with Crippen molar-refractivity contribution in [1.82, 2.24) is 20.5 Å². The molecule has 314 valence electrons. The number of nitrogens with zero attached hydrogens (tertiary/aromatic N) is 2. The number of carboxylic acids is 1. The zero-order valence-corrected chi connectivity index (χ0v) is 35.9. The lowest BCUT2D eigenvalue weighted by atomic mass is 9.85. The number of hydrogen-bond acceptors (Lipinski definition) is 9. The van der Waals surface area contributed by atoms with Crippen LogP contribution in [0.3, 0.4) is 0 Å². The van der Waals surface area contributed by atoms with E-state index < -0.39 is 59.5 Å². The van der Waals surface area contributed by atoms with Crippen LogP contribution in [0.2, 0.25) is 0 Å². The number of fused-ring (bicyclic) bond motifs is 3. The first-order valence-electron chi connectivity index (χ1n) is 20.0. The van der Waals surface area contributed by atoms with Gasteiger partial charge in [-0.2, -0.15) is 0 Å². The number of nitrogens with one attached hydrogen (secondary N) is 2. The number of carbonyl (C=O) groups is 5. The molecule has 0 aliphatic heterocycles. The number of amides is 3. The molecule has 0 radical (unpaired) electrons. The molecular weight excluding hydrogens is 769 g/mol. The largest absolute Gasteiger partial charge is 0.481 e. The molecule has 3 N–H and O–H groups in total. The smallest absolute Gasteiger partial charge is 0.407 e. The zero-order valence-electron chi connectivity index (χ0n) is 35.1. The average molecular weight is 825 g/mol. The number of carbonyl (C=O) groups excluding carboxylic acids is 4. The van der Waals surface area contributed by atoms with Gasteiger partial charge in [-0.05, 0) is 52.0 Å². The van der Waals surface area contributed by atoms with E-state index in [1.54, 1.807) is 24.3 Å². The van der Waals surface area contributed by atoms with Crippen molar-refractivity contribution in [3.8, 4) is 11.1 Å². The Balaban J connectivity index is 1.28. The van der Waals surface area contributed by atoms with Crippen LogP contribution in [0.5, 0.6) is 0 Å². The summed E-state index contributed by atoms with van der Waals surface area (Å²) in [6, 6.07) is 23.7. The maximum absolute atomic E-state index is 14.4. The van der Waals surface area contributed by atoms with E-state index >= 15 is 0 Å². The topological polar surface area (TPSA) is 164 Å². The molecule has 1 heterocycles. The van der Waals surface area contributed by atoms with Crippen molar-refractivity contribution >= 4 is 41.2 Å². The highest BCUT2D eigenvalue weighted by molar-refractivity contribution is 7.09. The van der Waals surface area contributed by atoms with Gasteiger partial charge in [-0.1, -0.05) is 120 Å². The molecule has 59 heavy (non-hydrogen) atoms. The van der Waals surface area contributed by atoms with Crippen LogP contribution in [-0.4, -0.2) is 76.6 Å². The van der Waals surface area contributed by atoms with E-state index in [2.05, 4.69) is 27.8 Å². The fraction of sp³-hybridized carbons (Fsp3) is 0.435. The van der Waals surface area contributed by atoms with E-state index in [1.807, 2.05) is 101 Å². The molecule has 5 rings (SSSR count). The van der Waals surface area contributed by atoms with Gasteiger partial charge in [0, 0.05) is 43.8 Å². The van der Waals surface area contributed by atoms with Gasteiger partial charge in [0.1, 0.15) is 23.4 Å². The summed E-state index contributed by atoms with van der Waals surface area (Å²) < 4.78 is 11.6. The van der Waals surface area contributed by atoms with E-state index in [0.717, 1.165) is 39.2 Å². The van der Waals surface area contributed by atoms with Crippen molar-refractivity contribution in [1.29, 1.82) is 0 Å². The average Bonchev–Trinajstić information content (AvgIpc) is 3.81. The Morgan fingerprint density at radius 1 is 0.864 bits per heavy atom. The van der Waals surface area contributed by atoms with Crippen molar-refractivity contribution in [2.45, 2.75) is 97.9 Å². The molecular formula is C46H56N4O8S. The molecule has 5 atom stereocenters. The highest BCUT2D eigenvalue weighted by atomic mass is 32.1. The fourth-order valence-electron chi connectivity index (χ4n) is 7.69. The second kappa shape index (κ2) is 19.5. The molecule has 0 spiro atoms. The first kappa shape index (κ1) is 44.5. The minimum Gasteiger partial charge on any atom is -0.481 e. The predicted molar refractivity (Wildman–Crippen MR) is 227 cm³/mol. The monoisotopic (exact) mass is 824 g/mol. The lowest BCUT2D eigenvalue weighted by Crippen LogP contribution is -2.56. The molecule has 3 aromatic carbocycles. The van der Waals surface area contributed by atoms with Crippen molar-refractivity contribution in [2.75, 3.05) is 13.7 Å². The minimum atomic E-state index is -0.959. The number of esters is 1. The number of likely N-dealkylation sites (N-methyl/N-ethyl adjacent to an activating group) is 1. The summed E-state index contributed by atoms with van der Waals surface area (Å²) >= 11 is 1.16. The van der Waals surface area contributed by atoms with Crippen LogP contribution < -0.4 is 10.6 Å². The number of hydrogen-bond donors (Lipinski definition) is 3. The summed E-state index contributed by atoms with van der Waals surface area (Å²) in [7, 11) is 1.67. The number of ether oxygens (including phenoxy) is 2. The summed E-state index contributed by atoms with van der Waals surface area (Å²) in [5, 5.41) is 17.4. The maximum Gasteiger partial charge on any atom is 0.407 e. The normalized spacial score (nSPS) is 14.9. The number of aromatic nitrogens is 1. The molecule has 1 aromatic heterocycles. The van der Waals surface area contributed by atoms with Gasteiger partial charge in [-0.15, -0.1) is 11.3 Å². The summed E-state index contributed by atoms with van der Waals surface area (Å²) in [6.45, 7) is 12.5. The fourth-order valence-corrected chi connectivity index (χ4v) is 8.53. The van der Waals surface area contributed by atoms with Crippen molar-refractivity contribution < 1.29 is 38.6 Å². The van der Waals surface area contributed by atoms with Crippen LogP contribution in [-0.2, 0) is 30.3 Å². The molecule has 1 aliphatic carbocycles. The SMILES string of the molecule is CC(=O)O[C@H](C[C@H](C(C)C)N(C)C(=O)[C@@H](NC(=O)OCC1c2ccccc2-c2ccccc21)C(C)(C)C)c1nc(C(=O)N[C@H](Cc2ccccc2)C[C@H](C)C(=O)O)cs1. The van der Waals surface area contributed by atoms with Crippen LogP contribution in [0.1, 0.15) is 106 Å². The van der Waals surface area contributed by atoms with Crippen molar-refractivity contribution in [2.24, 2.45) is 17.3 Å². The lowest BCUT2D eigenvalue weighted by Gasteiger charge is -2.39.